The van der Waals surface area contributed by atoms with E-state index in [-0.39, 0.29) is 12.5 Å². The van der Waals surface area contributed by atoms with Crippen molar-refractivity contribution < 1.29 is 19.0 Å². The van der Waals surface area contributed by atoms with Crippen LogP contribution >= 0.6 is 15.9 Å². The summed E-state index contributed by atoms with van der Waals surface area (Å²) in [6.07, 6.45) is 0. The minimum absolute atomic E-state index is 0.127. The van der Waals surface area contributed by atoms with Crippen molar-refractivity contribution in [2.75, 3.05) is 26.1 Å². The van der Waals surface area contributed by atoms with Gasteiger partial charge in [0.2, 0.25) is 0 Å². The van der Waals surface area contributed by atoms with Crippen molar-refractivity contribution in [1.29, 1.82) is 0 Å². The predicted octanol–water partition coefficient (Wildman–Crippen LogP) is 5.08. The molecule has 0 aromatic heterocycles. The summed E-state index contributed by atoms with van der Waals surface area (Å²) in [6, 6.07) is 19.4. The van der Waals surface area contributed by atoms with E-state index in [2.05, 4.69) is 26.6 Å². The second kappa shape index (κ2) is 11.5. The van der Waals surface area contributed by atoms with Gasteiger partial charge in [0.05, 0.1) is 18.7 Å². The van der Waals surface area contributed by atoms with Gasteiger partial charge in [0, 0.05) is 18.8 Å². The molecule has 0 spiro atoms. The first-order valence-corrected chi connectivity index (χ1v) is 11.0. The van der Waals surface area contributed by atoms with Crippen LogP contribution in [0.4, 0.5) is 5.69 Å². The zero-order valence-electron chi connectivity index (χ0n) is 18.4. The van der Waals surface area contributed by atoms with Gasteiger partial charge in [-0.2, -0.15) is 0 Å². The van der Waals surface area contributed by atoms with E-state index in [1.807, 2.05) is 67.6 Å². The molecule has 0 unspecified atom stereocenters. The maximum absolute atomic E-state index is 12.3. The lowest BCUT2D eigenvalue weighted by atomic mass is 10.2. The Morgan fingerprint density at radius 3 is 2.25 bits per heavy atom. The summed E-state index contributed by atoms with van der Waals surface area (Å²) in [7, 11) is 3.23. The Labute approximate surface area is 197 Å². The molecular weight excluding hydrogens is 472 g/mol. The number of anilines is 1. The van der Waals surface area contributed by atoms with Gasteiger partial charge in [0.1, 0.15) is 5.75 Å². The molecule has 3 aromatic rings. The summed E-state index contributed by atoms with van der Waals surface area (Å²) in [5.41, 5.74) is 4.05. The van der Waals surface area contributed by atoms with Gasteiger partial charge < -0.3 is 24.8 Å². The third kappa shape index (κ3) is 6.73. The number of methoxy groups -OCH3 is 2. The molecule has 1 amide bonds. The van der Waals surface area contributed by atoms with E-state index in [0.29, 0.717) is 18.0 Å². The van der Waals surface area contributed by atoms with Crippen molar-refractivity contribution in [3.8, 4) is 17.2 Å². The smallest absolute Gasteiger partial charge is 0.262 e. The lowest BCUT2D eigenvalue weighted by molar-refractivity contribution is -0.118. The Bertz CT molecular complexity index is 1040. The van der Waals surface area contributed by atoms with Crippen LogP contribution in [0.3, 0.4) is 0 Å². The van der Waals surface area contributed by atoms with E-state index < -0.39 is 0 Å². The standard InChI is InChI=1S/C25H27BrN2O4/c1-17-4-8-20(9-5-17)28-24(29)16-32-25-22(26)12-19(13-23(25)31-3)15-27-14-18-6-10-21(30-2)11-7-18/h4-13,27H,14-16H2,1-3H3,(H,28,29). The first kappa shape index (κ1) is 23.6. The molecule has 0 saturated carbocycles. The van der Waals surface area contributed by atoms with Crippen LogP contribution < -0.4 is 24.8 Å². The number of rotatable bonds is 10. The normalized spacial score (nSPS) is 10.5. The fourth-order valence-corrected chi connectivity index (χ4v) is 3.69. The fourth-order valence-electron chi connectivity index (χ4n) is 3.08. The Morgan fingerprint density at radius 2 is 1.59 bits per heavy atom. The number of carbonyl (C=O) groups is 1. The predicted molar refractivity (Wildman–Crippen MR) is 130 cm³/mol. The summed E-state index contributed by atoms with van der Waals surface area (Å²) < 4.78 is 17.2. The summed E-state index contributed by atoms with van der Waals surface area (Å²) in [4.78, 5) is 12.3. The van der Waals surface area contributed by atoms with Crippen molar-refractivity contribution in [3.05, 3.63) is 81.8 Å². The number of hydrogen-bond acceptors (Lipinski definition) is 5. The molecule has 3 rings (SSSR count). The average molecular weight is 499 g/mol. The molecule has 0 aliphatic carbocycles. The van der Waals surface area contributed by atoms with Crippen molar-refractivity contribution in [2.24, 2.45) is 0 Å². The van der Waals surface area contributed by atoms with Crippen molar-refractivity contribution in [2.45, 2.75) is 20.0 Å². The lowest BCUT2D eigenvalue weighted by Crippen LogP contribution is -2.20. The van der Waals surface area contributed by atoms with Gasteiger partial charge in [-0.3, -0.25) is 4.79 Å². The number of benzene rings is 3. The largest absolute Gasteiger partial charge is 0.497 e. The first-order chi connectivity index (χ1) is 15.5. The summed E-state index contributed by atoms with van der Waals surface area (Å²) >= 11 is 3.54. The lowest BCUT2D eigenvalue weighted by Gasteiger charge is -2.15. The number of halogens is 1. The van der Waals surface area contributed by atoms with Crippen LogP contribution in [0.2, 0.25) is 0 Å². The number of ether oxygens (including phenoxy) is 3. The molecule has 0 atom stereocenters. The Morgan fingerprint density at radius 1 is 0.906 bits per heavy atom. The molecule has 0 bridgehead atoms. The molecule has 3 aromatic carbocycles. The number of aryl methyl sites for hydroxylation is 1. The van der Waals surface area contributed by atoms with Gasteiger partial charge in [-0.15, -0.1) is 0 Å². The van der Waals surface area contributed by atoms with Crippen LogP contribution in [0.1, 0.15) is 16.7 Å². The molecule has 0 radical (unpaired) electrons. The minimum Gasteiger partial charge on any atom is -0.497 e. The SMILES string of the molecule is COc1ccc(CNCc2cc(Br)c(OCC(=O)Nc3ccc(C)cc3)c(OC)c2)cc1. The second-order valence-electron chi connectivity index (χ2n) is 7.26. The van der Waals surface area contributed by atoms with Crippen molar-refractivity contribution >= 4 is 27.5 Å². The molecule has 0 heterocycles. The topological polar surface area (TPSA) is 68.8 Å². The van der Waals surface area contributed by atoms with Gasteiger partial charge in [-0.05, 0) is 70.4 Å². The molecule has 32 heavy (non-hydrogen) atoms. The molecular formula is C25H27BrN2O4. The zero-order chi connectivity index (χ0) is 22.9. The van der Waals surface area contributed by atoms with Crippen LogP contribution in [-0.4, -0.2) is 26.7 Å². The monoisotopic (exact) mass is 498 g/mol. The van der Waals surface area contributed by atoms with Crippen LogP contribution in [0, 0.1) is 6.92 Å². The molecule has 0 aliphatic heterocycles. The third-order valence-electron chi connectivity index (χ3n) is 4.79. The molecule has 0 aliphatic rings. The van der Waals surface area contributed by atoms with E-state index in [4.69, 9.17) is 14.2 Å². The number of nitrogens with one attached hydrogen (secondary N) is 2. The molecule has 0 saturated heterocycles. The highest BCUT2D eigenvalue weighted by Gasteiger charge is 2.14. The summed E-state index contributed by atoms with van der Waals surface area (Å²) in [6.45, 7) is 3.24. The maximum Gasteiger partial charge on any atom is 0.262 e. The fraction of sp³-hybridized carbons (Fsp3) is 0.240. The highest BCUT2D eigenvalue weighted by atomic mass is 79.9. The van der Waals surface area contributed by atoms with Gasteiger partial charge in [0.15, 0.2) is 18.1 Å². The van der Waals surface area contributed by atoms with Crippen molar-refractivity contribution in [1.82, 2.24) is 5.32 Å². The van der Waals surface area contributed by atoms with E-state index in [1.165, 1.54) is 0 Å². The third-order valence-corrected chi connectivity index (χ3v) is 5.38. The van der Waals surface area contributed by atoms with E-state index in [0.717, 1.165) is 39.1 Å². The van der Waals surface area contributed by atoms with Gasteiger partial charge in [-0.25, -0.2) is 0 Å². The number of amides is 1. The number of hydrogen-bond donors (Lipinski definition) is 2. The van der Waals surface area contributed by atoms with Gasteiger partial charge in [0.25, 0.3) is 5.91 Å². The van der Waals surface area contributed by atoms with Crippen LogP contribution in [0.15, 0.2) is 65.1 Å². The minimum atomic E-state index is -0.243. The number of carbonyl (C=O) groups excluding carboxylic acids is 1. The Kier molecular flexibility index (Phi) is 8.53. The molecule has 0 fully saturated rings. The van der Waals surface area contributed by atoms with Crippen LogP contribution in [-0.2, 0) is 17.9 Å². The highest BCUT2D eigenvalue weighted by Crippen LogP contribution is 2.36. The molecule has 7 heteroatoms. The van der Waals surface area contributed by atoms with E-state index in [1.54, 1.807) is 14.2 Å². The van der Waals surface area contributed by atoms with Crippen molar-refractivity contribution in [3.63, 3.8) is 0 Å². The van der Waals surface area contributed by atoms with E-state index >= 15 is 0 Å². The quantitative estimate of drug-likeness (QED) is 0.407. The van der Waals surface area contributed by atoms with Crippen LogP contribution in [0.5, 0.6) is 17.2 Å². The summed E-state index contributed by atoms with van der Waals surface area (Å²) in [5, 5.41) is 6.23. The molecule has 2 N–H and O–H groups in total. The second-order valence-corrected chi connectivity index (χ2v) is 8.12. The summed E-state index contributed by atoms with van der Waals surface area (Å²) in [5.74, 6) is 1.65. The van der Waals surface area contributed by atoms with Gasteiger partial charge in [-0.1, -0.05) is 29.8 Å². The van der Waals surface area contributed by atoms with Gasteiger partial charge >= 0.3 is 0 Å². The molecule has 168 valence electrons. The van der Waals surface area contributed by atoms with E-state index in [9.17, 15) is 4.79 Å². The maximum atomic E-state index is 12.3. The first-order valence-electron chi connectivity index (χ1n) is 10.2. The highest BCUT2D eigenvalue weighted by molar-refractivity contribution is 9.10. The Balaban J connectivity index is 1.56. The Hall–Kier alpha value is -3.03. The zero-order valence-corrected chi connectivity index (χ0v) is 20.0. The van der Waals surface area contributed by atoms with Crippen LogP contribution in [0.25, 0.3) is 0 Å². The average Bonchev–Trinajstić information content (AvgIpc) is 2.80. The molecule has 6 nitrogen and oxygen atoms in total.